The summed E-state index contributed by atoms with van der Waals surface area (Å²) in [6.07, 6.45) is 4.19. The highest BCUT2D eigenvalue weighted by molar-refractivity contribution is 6.33. The minimum atomic E-state index is -0.655. The first-order chi connectivity index (χ1) is 12.0. The number of nitrogens with one attached hydrogen (secondary N) is 1. The lowest BCUT2D eigenvalue weighted by molar-refractivity contribution is -0.384. The van der Waals surface area contributed by atoms with E-state index in [9.17, 15) is 14.9 Å². The number of likely N-dealkylation sites (tertiary alicyclic amines) is 1. The second kappa shape index (κ2) is 9.43. The molecule has 138 valence electrons. The summed E-state index contributed by atoms with van der Waals surface area (Å²) < 4.78 is 10.2. The standard InChI is InChI=1S/C16H22ClN3O5/c1-24-15-11-14(20(22)23)12(17)10-13(15)18-16(21)25-9-8-19-6-4-2-3-5-7-19/h10-11H,2-9H2,1H3,(H,18,21). The summed E-state index contributed by atoms with van der Waals surface area (Å²) in [4.78, 5) is 24.5. The Balaban J connectivity index is 1.89. The van der Waals surface area contributed by atoms with Crippen LogP contribution in [0.15, 0.2) is 12.1 Å². The summed E-state index contributed by atoms with van der Waals surface area (Å²) in [5, 5.41) is 13.3. The molecule has 0 bridgehead atoms. The van der Waals surface area contributed by atoms with Gasteiger partial charge in [0.25, 0.3) is 5.69 Å². The molecule has 1 N–H and O–H groups in total. The fourth-order valence-electron chi connectivity index (χ4n) is 2.72. The number of hydrogen-bond acceptors (Lipinski definition) is 6. The molecule has 0 spiro atoms. The Kier molecular flexibility index (Phi) is 7.27. The van der Waals surface area contributed by atoms with Gasteiger partial charge in [0.2, 0.25) is 0 Å². The third kappa shape index (κ3) is 5.75. The van der Waals surface area contributed by atoms with Gasteiger partial charge in [-0.1, -0.05) is 24.4 Å². The van der Waals surface area contributed by atoms with Crippen LogP contribution in [-0.2, 0) is 4.74 Å². The molecule has 1 heterocycles. The molecule has 1 amide bonds. The summed E-state index contributed by atoms with van der Waals surface area (Å²) >= 11 is 5.86. The topological polar surface area (TPSA) is 93.9 Å². The first kappa shape index (κ1) is 19.3. The van der Waals surface area contributed by atoms with Gasteiger partial charge in [-0.25, -0.2) is 4.79 Å². The van der Waals surface area contributed by atoms with Crippen molar-refractivity contribution in [1.82, 2.24) is 4.90 Å². The maximum atomic E-state index is 11.9. The molecule has 1 saturated heterocycles. The van der Waals surface area contributed by atoms with E-state index >= 15 is 0 Å². The molecule has 0 aliphatic carbocycles. The maximum Gasteiger partial charge on any atom is 0.411 e. The lowest BCUT2D eigenvalue weighted by Gasteiger charge is -2.19. The third-order valence-electron chi connectivity index (χ3n) is 4.04. The molecule has 8 nitrogen and oxygen atoms in total. The Bertz CT molecular complexity index is 618. The Morgan fingerprint density at radius 2 is 2.00 bits per heavy atom. The zero-order valence-corrected chi connectivity index (χ0v) is 14.9. The Morgan fingerprint density at radius 3 is 2.60 bits per heavy atom. The van der Waals surface area contributed by atoms with Crippen molar-refractivity contribution in [3.63, 3.8) is 0 Å². The molecule has 0 atom stereocenters. The highest BCUT2D eigenvalue weighted by atomic mass is 35.5. The van der Waals surface area contributed by atoms with Crippen LogP contribution in [0, 0.1) is 10.1 Å². The molecule has 0 saturated carbocycles. The molecule has 1 fully saturated rings. The third-order valence-corrected chi connectivity index (χ3v) is 4.34. The average molecular weight is 372 g/mol. The largest absolute Gasteiger partial charge is 0.494 e. The van der Waals surface area contributed by atoms with Gasteiger partial charge >= 0.3 is 6.09 Å². The lowest BCUT2D eigenvalue weighted by atomic mass is 10.2. The van der Waals surface area contributed by atoms with Crippen molar-refractivity contribution in [1.29, 1.82) is 0 Å². The molecule has 0 unspecified atom stereocenters. The van der Waals surface area contributed by atoms with Crippen molar-refractivity contribution in [3.8, 4) is 5.75 Å². The fraction of sp³-hybridized carbons (Fsp3) is 0.562. The van der Waals surface area contributed by atoms with Crippen LogP contribution in [0.3, 0.4) is 0 Å². The molecule has 0 radical (unpaired) electrons. The van der Waals surface area contributed by atoms with Gasteiger partial charge in [-0.15, -0.1) is 0 Å². The molecular formula is C16H22ClN3O5. The molecule has 1 aliphatic rings. The van der Waals surface area contributed by atoms with E-state index in [2.05, 4.69) is 10.2 Å². The fourth-order valence-corrected chi connectivity index (χ4v) is 2.96. The predicted molar refractivity (Wildman–Crippen MR) is 94.5 cm³/mol. The van der Waals surface area contributed by atoms with Gasteiger partial charge in [0.1, 0.15) is 17.4 Å². The second-order valence-electron chi connectivity index (χ2n) is 5.78. The number of rotatable bonds is 6. The van der Waals surface area contributed by atoms with Crippen LogP contribution < -0.4 is 10.1 Å². The van der Waals surface area contributed by atoms with Crippen LogP contribution in [0.2, 0.25) is 5.02 Å². The van der Waals surface area contributed by atoms with Crippen molar-refractivity contribution in [2.24, 2.45) is 0 Å². The quantitative estimate of drug-likeness (QED) is 0.605. The molecular weight excluding hydrogens is 350 g/mol. The van der Waals surface area contributed by atoms with E-state index in [0.717, 1.165) is 19.2 Å². The minimum absolute atomic E-state index is 0.0920. The van der Waals surface area contributed by atoms with Crippen molar-refractivity contribution in [2.75, 3.05) is 38.7 Å². The van der Waals surface area contributed by atoms with E-state index < -0.39 is 11.0 Å². The van der Waals surface area contributed by atoms with Crippen molar-refractivity contribution < 1.29 is 19.2 Å². The molecule has 1 aromatic carbocycles. The smallest absolute Gasteiger partial charge is 0.411 e. The van der Waals surface area contributed by atoms with E-state index in [1.165, 1.54) is 38.9 Å². The van der Waals surface area contributed by atoms with Crippen molar-refractivity contribution >= 4 is 29.1 Å². The monoisotopic (exact) mass is 371 g/mol. The van der Waals surface area contributed by atoms with Crippen LogP contribution >= 0.6 is 11.6 Å². The average Bonchev–Trinajstić information content (AvgIpc) is 2.83. The zero-order chi connectivity index (χ0) is 18.2. The molecule has 1 aliphatic heterocycles. The highest BCUT2D eigenvalue weighted by Gasteiger charge is 2.19. The molecule has 2 rings (SSSR count). The summed E-state index contributed by atoms with van der Waals surface area (Å²) in [6, 6.07) is 2.43. The van der Waals surface area contributed by atoms with Gasteiger partial charge in [-0.3, -0.25) is 20.3 Å². The van der Waals surface area contributed by atoms with Crippen LogP contribution in [0.25, 0.3) is 0 Å². The SMILES string of the molecule is COc1cc([N+](=O)[O-])c(Cl)cc1NC(=O)OCCN1CCCCCC1. The summed E-state index contributed by atoms with van der Waals surface area (Å²) in [7, 11) is 1.35. The molecule has 0 aromatic heterocycles. The van der Waals surface area contributed by atoms with Gasteiger partial charge in [0.15, 0.2) is 0 Å². The van der Waals surface area contributed by atoms with Gasteiger partial charge in [0.05, 0.1) is 23.8 Å². The zero-order valence-electron chi connectivity index (χ0n) is 14.1. The summed E-state index contributed by atoms with van der Waals surface area (Å²) in [6.45, 7) is 3.01. The summed E-state index contributed by atoms with van der Waals surface area (Å²) in [5.41, 5.74) is -0.0727. The number of nitro benzene ring substituents is 1. The number of amides is 1. The summed E-state index contributed by atoms with van der Waals surface area (Å²) in [5.74, 6) is 0.139. The number of anilines is 1. The van der Waals surface area contributed by atoms with E-state index in [0.29, 0.717) is 6.54 Å². The van der Waals surface area contributed by atoms with Crippen molar-refractivity contribution in [3.05, 3.63) is 27.3 Å². The van der Waals surface area contributed by atoms with Crippen LogP contribution in [0.1, 0.15) is 25.7 Å². The lowest BCUT2D eigenvalue weighted by Crippen LogP contribution is -2.30. The number of halogens is 1. The van der Waals surface area contributed by atoms with Crippen LogP contribution in [-0.4, -0.2) is 49.3 Å². The predicted octanol–water partition coefficient (Wildman–Crippen LogP) is 3.68. The van der Waals surface area contributed by atoms with Gasteiger partial charge in [-0.05, 0) is 32.0 Å². The first-order valence-corrected chi connectivity index (χ1v) is 8.57. The first-order valence-electron chi connectivity index (χ1n) is 8.19. The molecule has 1 aromatic rings. The van der Waals surface area contributed by atoms with Crippen LogP contribution in [0.4, 0.5) is 16.2 Å². The Hall–Kier alpha value is -2.06. The van der Waals surface area contributed by atoms with E-state index in [1.54, 1.807) is 0 Å². The normalized spacial score (nSPS) is 15.3. The van der Waals surface area contributed by atoms with Gasteiger partial charge in [-0.2, -0.15) is 0 Å². The number of nitrogens with zero attached hydrogens (tertiary/aromatic N) is 2. The van der Waals surface area contributed by atoms with E-state index in [-0.39, 0.29) is 28.8 Å². The Morgan fingerprint density at radius 1 is 1.32 bits per heavy atom. The number of nitro groups is 1. The maximum absolute atomic E-state index is 11.9. The number of methoxy groups -OCH3 is 1. The number of carbonyl (C=O) groups is 1. The number of benzene rings is 1. The van der Waals surface area contributed by atoms with Crippen LogP contribution in [0.5, 0.6) is 5.75 Å². The second-order valence-corrected chi connectivity index (χ2v) is 6.18. The van der Waals surface area contributed by atoms with E-state index in [1.807, 2.05) is 0 Å². The Labute approximate surface area is 151 Å². The molecule has 9 heteroatoms. The number of carbonyl (C=O) groups excluding carboxylic acids is 1. The van der Waals surface area contributed by atoms with Gasteiger partial charge < -0.3 is 9.47 Å². The minimum Gasteiger partial charge on any atom is -0.494 e. The number of ether oxygens (including phenoxy) is 2. The number of hydrogen-bond donors (Lipinski definition) is 1. The van der Waals surface area contributed by atoms with Crippen molar-refractivity contribution in [2.45, 2.75) is 25.7 Å². The van der Waals surface area contributed by atoms with E-state index in [4.69, 9.17) is 21.1 Å². The van der Waals surface area contributed by atoms with Gasteiger partial charge in [0, 0.05) is 6.54 Å². The highest BCUT2D eigenvalue weighted by Crippen LogP contribution is 2.35. The molecule has 25 heavy (non-hydrogen) atoms.